The van der Waals surface area contributed by atoms with Gasteiger partial charge in [0.15, 0.2) is 5.78 Å². The maximum atomic E-state index is 15.0. The van der Waals surface area contributed by atoms with Gasteiger partial charge in [0.05, 0.1) is 6.04 Å². The van der Waals surface area contributed by atoms with Crippen LogP contribution in [0.25, 0.3) is 0 Å². The minimum Gasteiger partial charge on any atom is -0.386 e. The van der Waals surface area contributed by atoms with Crippen LogP contribution < -0.4 is 5.32 Å². The summed E-state index contributed by atoms with van der Waals surface area (Å²) in [7, 11) is 0. The maximum Gasteiger partial charge on any atom is 0.217 e. The van der Waals surface area contributed by atoms with Crippen molar-refractivity contribution in [3.8, 4) is 0 Å². The smallest absolute Gasteiger partial charge is 0.217 e. The number of piperidine rings is 1. The SMILES string of the molecule is CC(=O)NC(CCN1CCC(O)(Cc2ccc(Cl)cc2)C(F)C1)C(=O)c1ccccc1. The van der Waals surface area contributed by atoms with E-state index in [-0.39, 0.29) is 31.1 Å². The summed E-state index contributed by atoms with van der Waals surface area (Å²) in [5.74, 6) is -0.447. The minimum atomic E-state index is -1.43. The predicted molar refractivity (Wildman–Crippen MR) is 119 cm³/mol. The van der Waals surface area contributed by atoms with Crippen LogP contribution in [0.5, 0.6) is 0 Å². The van der Waals surface area contributed by atoms with E-state index in [0.717, 1.165) is 5.56 Å². The third-order valence-electron chi connectivity index (χ3n) is 5.77. The Kier molecular flexibility index (Phi) is 7.81. The number of Topliss-reactive ketones (excluding diaryl/α,β-unsaturated/α-hetero) is 1. The number of halogens is 2. The molecule has 2 aromatic carbocycles. The van der Waals surface area contributed by atoms with Gasteiger partial charge in [0.1, 0.15) is 11.8 Å². The number of ketones is 1. The highest BCUT2D eigenvalue weighted by atomic mass is 35.5. The highest BCUT2D eigenvalue weighted by Crippen LogP contribution is 2.29. The van der Waals surface area contributed by atoms with Crippen molar-refractivity contribution in [1.82, 2.24) is 10.2 Å². The van der Waals surface area contributed by atoms with Crippen LogP contribution in [0.3, 0.4) is 0 Å². The first-order valence-electron chi connectivity index (χ1n) is 10.5. The summed E-state index contributed by atoms with van der Waals surface area (Å²) in [6.45, 7) is 2.41. The van der Waals surface area contributed by atoms with Crippen LogP contribution in [-0.4, -0.2) is 59.1 Å². The second-order valence-electron chi connectivity index (χ2n) is 8.20. The molecular weight excluding hydrogens is 419 g/mol. The molecule has 31 heavy (non-hydrogen) atoms. The Bertz CT molecular complexity index is 893. The number of nitrogens with zero attached hydrogens (tertiary/aromatic N) is 1. The molecule has 1 fully saturated rings. The van der Waals surface area contributed by atoms with Crippen molar-refractivity contribution in [2.75, 3.05) is 19.6 Å². The molecule has 0 spiro atoms. The Morgan fingerprint density at radius 1 is 1.23 bits per heavy atom. The molecule has 3 atom stereocenters. The first-order chi connectivity index (χ1) is 14.8. The zero-order valence-corrected chi connectivity index (χ0v) is 18.3. The first kappa shape index (κ1) is 23.4. The molecule has 0 saturated carbocycles. The molecule has 2 N–H and O–H groups in total. The van der Waals surface area contributed by atoms with Crippen LogP contribution in [0.1, 0.15) is 35.7 Å². The van der Waals surface area contributed by atoms with E-state index in [1.807, 2.05) is 11.0 Å². The molecule has 0 radical (unpaired) electrons. The highest BCUT2D eigenvalue weighted by Gasteiger charge is 2.42. The summed E-state index contributed by atoms with van der Waals surface area (Å²) < 4.78 is 15.0. The van der Waals surface area contributed by atoms with Gasteiger partial charge in [-0.15, -0.1) is 0 Å². The molecule has 0 aliphatic carbocycles. The fraction of sp³-hybridized carbons (Fsp3) is 0.417. The summed E-state index contributed by atoms with van der Waals surface area (Å²) in [4.78, 5) is 26.3. The Morgan fingerprint density at radius 3 is 2.52 bits per heavy atom. The van der Waals surface area contributed by atoms with Gasteiger partial charge in [0.2, 0.25) is 5.91 Å². The van der Waals surface area contributed by atoms with Crippen LogP contribution >= 0.6 is 11.6 Å². The zero-order valence-electron chi connectivity index (χ0n) is 17.6. The maximum absolute atomic E-state index is 15.0. The molecule has 0 bridgehead atoms. The highest BCUT2D eigenvalue weighted by molar-refractivity contribution is 6.30. The largest absolute Gasteiger partial charge is 0.386 e. The quantitative estimate of drug-likeness (QED) is 0.609. The summed E-state index contributed by atoms with van der Waals surface area (Å²) in [6, 6.07) is 15.2. The molecule has 2 aromatic rings. The van der Waals surface area contributed by atoms with Crippen LogP contribution in [0.2, 0.25) is 5.02 Å². The predicted octanol–water partition coefficient (Wildman–Crippen LogP) is 3.44. The van der Waals surface area contributed by atoms with Crippen LogP contribution in [0.15, 0.2) is 54.6 Å². The van der Waals surface area contributed by atoms with E-state index in [1.54, 1.807) is 48.5 Å². The lowest BCUT2D eigenvalue weighted by molar-refractivity contribution is -0.119. The number of amides is 1. The fourth-order valence-electron chi connectivity index (χ4n) is 3.98. The van der Waals surface area contributed by atoms with E-state index in [2.05, 4.69) is 5.32 Å². The summed E-state index contributed by atoms with van der Waals surface area (Å²) in [5.41, 5.74) is -0.0657. The standard InChI is InChI=1S/C24H28ClFN2O3/c1-17(29)27-21(23(30)19-5-3-2-4-6-19)11-13-28-14-12-24(31,22(26)16-28)15-18-7-9-20(25)10-8-18/h2-10,21-22,31H,11-16H2,1H3,(H,27,29). The van der Waals surface area contributed by atoms with Gasteiger partial charge in [-0.05, 0) is 30.5 Å². The van der Waals surface area contributed by atoms with E-state index < -0.39 is 17.8 Å². The number of carbonyl (C=O) groups is 2. The molecule has 0 aromatic heterocycles. The normalized spacial score (nSPS) is 22.6. The Balaban J connectivity index is 1.58. The van der Waals surface area contributed by atoms with Crippen molar-refractivity contribution in [1.29, 1.82) is 0 Å². The van der Waals surface area contributed by atoms with Gasteiger partial charge in [-0.2, -0.15) is 0 Å². The van der Waals surface area contributed by atoms with Crippen molar-refractivity contribution >= 4 is 23.3 Å². The van der Waals surface area contributed by atoms with Crippen molar-refractivity contribution in [3.63, 3.8) is 0 Å². The summed E-state index contributed by atoms with van der Waals surface area (Å²) in [6.07, 6.45) is -0.537. The van der Waals surface area contributed by atoms with Gasteiger partial charge in [-0.3, -0.25) is 9.59 Å². The number of nitrogens with one attached hydrogen (secondary N) is 1. The lowest BCUT2D eigenvalue weighted by Gasteiger charge is -2.41. The fourth-order valence-corrected chi connectivity index (χ4v) is 4.11. The second kappa shape index (κ2) is 10.4. The number of aliphatic hydroxyl groups is 1. The minimum absolute atomic E-state index is 0.0798. The average Bonchev–Trinajstić information content (AvgIpc) is 2.75. The number of likely N-dealkylation sites (tertiary alicyclic amines) is 1. The third-order valence-corrected chi connectivity index (χ3v) is 6.02. The number of carbonyl (C=O) groups excluding carboxylic acids is 2. The molecule has 1 amide bonds. The van der Waals surface area contributed by atoms with Gasteiger partial charge in [-0.25, -0.2) is 4.39 Å². The number of benzene rings is 2. The average molecular weight is 447 g/mol. The van der Waals surface area contributed by atoms with Crippen molar-refractivity contribution in [2.24, 2.45) is 0 Å². The molecular formula is C24H28ClFN2O3. The van der Waals surface area contributed by atoms with Crippen LogP contribution in [-0.2, 0) is 11.2 Å². The van der Waals surface area contributed by atoms with Gasteiger partial charge < -0.3 is 15.3 Å². The summed E-state index contributed by atoms with van der Waals surface area (Å²) >= 11 is 5.90. The molecule has 1 aliphatic heterocycles. The number of hydrogen-bond acceptors (Lipinski definition) is 4. The monoisotopic (exact) mass is 446 g/mol. The lowest BCUT2D eigenvalue weighted by Crippen LogP contribution is -2.55. The molecule has 1 aliphatic rings. The molecule has 3 unspecified atom stereocenters. The van der Waals surface area contributed by atoms with E-state index in [9.17, 15) is 19.1 Å². The third kappa shape index (κ3) is 6.35. The molecule has 3 rings (SSSR count). The van der Waals surface area contributed by atoms with E-state index >= 15 is 0 Å². The zero-order chi connectivity index (χ0) is 22.4. The molecule has 5 nitrogen and oxygen atoms in total. The lowest BCUT2D eigenvalue weighted by atomic mass is 9.83. The Morgan fingerprint density at radius 2 is 1.90 bits per heavy atom. The van der Waals surface area contributed by atoms with E-state index in [1.165, 1.54) is 6.92 Å². The van der Waals surface area contributed by atoms with Crippen LogP contribution in [0.4, 0.5) is 4.39 Å². The van der Waals surface area contributed by atoms with Gasteiger partial charge >= 0.3 is 0 Å². The molecule has 7 heteroatoms. The van der Waals surface area contributed by atoms with Crippen molar-refractivity contribution in [3.05, 3.63) is 70.7 Å². The molecule has 166 valence electrons. The van der Waals surface area contributed by atoms with E-state index in [0.29, 0.717) is 30.1 Å². The number of rotatable bonds is 8. The van der Waals surface area contributed by atoms with Crippen LogP contribution in [0, 0.1) is 0 Å². The van der Waals surface area contributed by atoms with Crippen molar-refractivity contribution < 1.29 is 19.1 Å². The Labute approximate surface area is 187 Å². The van der Waals surface area contributed by atoms with E-state index in [4.69, 9.17) is 11.6 Å². The second-order valence-corrected chi connectivity index (χ2v) is 8.63. The summed E-state index contributed by atoms with van der Waals surface area (Å²) in [5, 5.41) is 14.2. The van der Waals surface area contributed by atoms with Gasteiger partial charge in [-0.1, -0.05) is 54.1 Å². The van der Waals surface area contributed by atoms with Gasteiger partial charge in [0, 0.05) is 43.6 Å². The first-order valence-corrected chi connectivity index (χ1v) is 10.8. The topological polar surface area (TPSA) is 69.6 Å². The number of alkyl halides is 1. The van der Waals surface area contributed by atoms with Crippen molar-refractivity contribution in [2.45, 2.75) is 44.0 Å². The molecule has 1 heterocycles. The number of hydrogen-bond donors (Lipinski definition) is 2. The Hall–Kier alpha value is -2.28. The van der Waals surface area contributed by atoms with Gasteiger partial charge in [0.25, 0.3) is 0 Å². The molecule has 1 saturated heterocycles.